The highest BCUT2D eigenvalue weighted by Crippen LogP contribution is 2.34. The van der Waals surface area contributed by atoms with E-state index in [1.54, 1.807) is 31.2 Å². The zero-order chi connectivity index (χ0) is 30.4. The van der Waals surface area contributed by atoms with Crippen LogP contribution in [0.2, 0.25) is 5.02 Å². The van der Waals surface area contributed by atoms with Gasteiger partial charge < -0.3 is 19.7 Å². The van der Waals surface area contributed by atoms with Gasteiger partial charge >= 0.3 is 0 Å². The first-order chi connectivity index (χ1) is 20.0. The first-order valence-corrected chi connectivity index (χ1v) is 15.3. The van der Waals surface area contributed by atoms with E-state index in [-0.39, 0.29) is 35.4 Å². The predicted octanol–water partition coefficient (Wildman–Crippen LogP) is 4.64. The van der Waals surface area contributed by atoms with Crippen molar-refractivity contribution in [3.63, 3.8) is 0 Å². The van der Waals surface area contributed by atoms with Crippen LogP contribution in [0.5, 0.6) is 11.5 Å². The quantitative estimate of drug-likeness (QED) is 0.336. The molecule has 0 radical (unpaired) electrons. The van der Waals surface area contributed by atoms with Gasteiger partial charge in [0.2, 0.25) is 11.8 Å². The molecule has 1 aliphatic rings. The summed E-state index contributed by atoms with van der Waals surface area (Å²) in [7, 11) is -4.38. The van der Waals surface area contributed by atoms with Crippen LogP contribution < -0.4 is 19.1 Å². The summed E-state index contributed by atoms with van der Waals surface area (Å²) < 4.78 is 53.8. The van der Waals surface area contributed by atoms with Crippen molar-refractivity contribution in [2.45, 2.75) is 38.3 Å². The Morgan fingerprint density at radius 3 is 2.31 bits per heavy atom. The van der Waals surface area contributed by atoms with Crippen LogP contribution >= 0.6 is 11.6 Å². The van der Waals surface area contributed by atoms with Gasteiger partial charge in [-0.1, -0.05) is 43.6 Å². The van der Waals surface area contributed by atoms with Gasteiger partial charge in [-0.2, -0.15) is 0 Å². The zero-order valence-electron chi connectivity index (χ0n) is 23.5. The summed E-state index contributed by atoms with van der Waals surface area (Å²) in [6.07, 6.45) is 0. The number of fused-ring (bicyclic) bond motifs is 1. The van der Waals surface area contributed by atoms with Crippen molar-refractivity contribution in [2.75, 3.05) is 30.6 Å². The molecule has 1 atom stereocenters. The fourth-order valence-electron chi connectivity index (χ4n) is 4.29. The number of benzene rings is 3. The minimum absolute atomic E-state index is 0.0455. The SMILES string of the molecule is CC(C)CNC(=O)[C@H](C)N(Cc1ccccc1Cl)C(=O)CN(c1ccc(F)cc1)S(=O)(=O)c1ccc2c(c1)OCCO2. The molecule has 42 heavy (non-hydrogen) atoms. The summed E-state index contributed by atoms with van der Waals surface area (Å²) in [6, 6.07) is 14.9. The number of rotatable bonds is 11. The molecule has 0 saturated carbocycles. The van der Waals surface area contributed by atoms with E-state index in [1.165, 1.54) is 35.2 Å². The van der Waals surface area contributed by atoms with Crippen LogP contribution in [0.1, 0.15) is 26.3 Å². The van der Waals surface area contributed by atoms with Crippen molar-refractivity contribution in [1.29, 1.82) is 0 Å². The summed E-state index contributed by atoms with van der Waals surface area (Å²) in [5.41, 5.74) is 0.647. The number of hydrogen-bond acceptors (Lipinski definition) is 6. The van der Waals surface area contributed by atoms with Gasteiger partial charge in [0.1, 0.15) is 31.6 Å². The van der Waals surface area contributed by atoms with E-state index in [4.69, 9.17) is 21.1 Å². The van der Waals surface area contributed by atoms with Gasteiger partial charge in [-0.25, -0.2) is 12.8 Å². The average Bonchev–Trinajstić information content (AvgIpc) is 2.98. The number of sulfonamides is 1. The van der Waals surface area contributed by atoms with Gasteiger partial charge in [-0.05, 0) is 60.9 Å². The molecule has 12 heteroatoms. The van der Waals surface area contributed by atoms with Crippen LogP contribution in [0.4, 0.5) is 10.1 Å². The molecule has 0 saturated heterocycles. The molecule has 0 bridgehead atoms. The Morgan fingerprint density at radius 1 is 0.976 bits per heavy atom. The second-order valence-electron chi connectivity index (χ2n) is 10.2. The maximum Gasteiger partial charge on any atom is 0.264 e. The van der Waals surface area contributed by atoms with Gasteiger partial charge in [-0.15, -0.1) is 0 Å². The summed E-state index contributed by atoms with van der Waals surface area (Å²) >= 11 is 6.38. The number of nitrogens with one attached hydrogen (secondary N) is 1. The average molecular weight is 618 g/mol. The van der Waals surface area contributed by atoms with E-state index in [0.717, 1.165) is 16.4 Å². The summed E-state index contributed by atoms with van der Waals surface area (Å²) in [5, 5.41) is 3.22. The van der Waals surface area contributed by atoms with E-state index in [0.29, 0.717) is 29.5 Å². The van der Waals surface area contributed by atoms with Crippen molar-refractivity contribution in [3.05, 3.63) is 83.1 Å². The highest BCUT2D eigenvalue weighted by Gasteiger charge is 2.33. The smallest absolute Gasteiger partial charge is 0.264 e. The van der Waals surface area contributed by atoms with E-state index < -0.39 is 40.2 Å². The van der Waals surface area contributed by atoms with Crippen molar-refractivity contribution in [2.24, 2.45) is 5.92 Å². The van der Waals surface area contributed by atoms with Crippen LogP contribution in [0.25, 0.3) is 0 Å². The highest BCUT2D eigenvalue weighted by atomic mass is 35.5. The lowest BCUT2D eigenvalue weighted by Gasteiger charge is -2.32. The van der Waals surface area contributed by atoms with E-state index in [2.05, 4.69) is 5.32 Å². The normalized spacial score (nSPS) is 13.4. The largest absolute Gasteiger partial charge is 0.486 e. The monoisotopic (exact) mass is 617 g/mol. The Kier molecular flexibility index (Phi) is 9.95. The number of carbonyl (C=O) groups is 2. The Bertz CT molecular complexity index is 1530. The van der Waals surface area contributed by atoms with Crippen LogP contribution in [-0.4, -0.2) is 57.5 Å². The van der Waals surface area contributed by atoms with Crippen molar-refractivity contribution >= 4 is 39.1 Å². The molecule has 1 N–H and O–H groups in total. The van der Waals surface area contributed by atoms with Gasteiger partial charge in [0.25, 0.3) is 10.0 Å². The summed E-state index contributed by atoms with van der Waals surface area (Å²) in [5.74, 6) is -0.795. The summed E-state index contributed by atoms with van der Waals surface area (Å²) in [6.45, 7) is 5.73. The lowest BCUT2D eigenvalue weighted by Crippen LogP contribution is -2.51. The van der Waals surface area contributed by atoms with Gasteiger partial charge in [0.05, 0.1) is 10.6 Å². The number of anilines is 1. The van der Waals surface area contributed by atoms with E-state index in [1.807, 2.05) is 13.8 Å². The minimum Gasteiger partial charge on any atom is -0.486 e. The van der Waals surface area contributed by atoms with Crippen LogP contribution in [-0.2, 0) is 26.2 Å². The Hall–Kier alpha value is -3.83. The molecule has 0 spiro atoms. The fraction of sp³-hybridized carbons (Fsp3) is 0.333. The lowest BCUT2D eigenvalue weighted by molar-refractivity contribution is -0.139. The van der Waals surface area contributed by atoms with Gasteiger partial charge in [0, 0.05) is 24.2 Å². The lowest BCUT2D eigenvalue weighted by atomic mass is 10.1. The molecular weight excluding hydrogens is 585 g/mol. The number of hydrogen-bond donors (Lipinski definition) is 1. The van der Waals surface area contributed by atoms with Crippen LogP contribution in [0, 0.1) is 11.7 Å². The molecule has 2 amide bonds. The molecule has 3 aromatic rings. The maximum atomic E-state index is 14.0. The maximum absolute atomic E-state index is 14.0. The standard InChI is InChI=1S/C30H33ClFN3O6S/c1-20(2)17-33-30(37)21(3)34(18-22-6-4-5-7-26(22)31)29(36)19-35(24-10-8-23(32)9-11-24)42(38,39)25-12-13-27-28(16-25)41-15-14-40-27/h4-13,16,20-21H,14-15,17-19H2,1-3H3,(H,33,37)/t21-/m0/s1. The first kappa shape index (κ1) is 31.1. The highest BCUT2D eigenvalue weighted by molar-refractivity contribution is 7.92. The van der Waals surface area contributed by atoms with Crippen molar-refractivity contribution < 1.29 is 31.9 Å². The topological polar surface area (TPSA) is 105 Å². The number of ether oxygens (including phenoxy) is 2. The molecule has 3 aromatic carbocycles. The first-order valence-electron chi connectivity index (χ1n) is 13.5. The van der Waals surface area contributed by atoms with Gasteiger partial charge in [0.15, 0.2) is 11.5 Å². The van der Waals surface area contributed by atoms with Crippen molar-refractivity contribution in [3.8, 4) is 11.5 Å². The molecular formula is C30H33ClFN3O6S. The Morgan fingerprint density at radius 2 is 1.64 bits per heavy atom. The molecule has 1 heterocycles. The number of nitrogens with zero attached hydrogens (tertiary/aromatic N) is 2. The second-order valence-corrected chi connectivity index (χ2v) is 12.5. The second kappa shape index (κ2) is 13.4. The molecule has 0 aromatic heterocycles. The molecule has 9 nitrogen and oxygen atoms in total. The Labute approximate surface area is 250 Å². The Balaban J connectivity index is 1.71. The fourth-order valence-corrected chi connectivity index (χ4v) is 5.92. The molecule has 224 valence electrons. The third-order valence-corrected chi connectivity index (χ3v) is 8.78. The molecule has 0 unspecified atom stereocenters. The minimum atomic E-state index is -4.38. The number of carbonyl (C=O) groups excluding carboxylic acids is 2. The summed E-state index contributed by atoms with van der Waals surface area (Å²) in [4.78, 5) is 28.2. The van der Waals surface area contributed by atoms with Crippen LogP contribution in [0.15, 0.2) is 71.6 Å². The number of amides is 2. The molecule has 4 rings (SSSR count). The zero-order valence-corrected chi connectivity index (χ0v) is 25.1. The molecule has 0 fully saturated rings. The van der Waals surface area contributed by atoms with Gasteiger partial charge in [-0.3, -0.25) is 13.9 Å². The van der Waals surface area contributed by atoms with Crippen molar-refractivity contribution in [1.82, 2.24) is 10.2 Å². The third-order valence-electron chi connectivity index (χ3n) is 6.65. The molecule has 1 aliphatic heterocycles. The third kappa shape index (κ3) is 7.32. The predicted molar refractivity (Wildman–Crippen MR) is 158 cm³/mol. The van der Waals surface area contributed by atoms with E-state index in [9.17, 15) is 22.4 Å². The van der Waals surface area contributed by atoms with Crippen LogP contribution in [0.3, 0.4) is 0 Å². The molecule has 0 aliphatic carbocycles. The number of halogens is 2. The van der Waals surface area contributed by atoms with E-state index >= 15 is 0 Å².